The van der Waals surface area contributed by atoms with Crippen molar-refractivity contribution in [1.82, 2.24) is 20.6 Å². The number of rotatable bonds is 9. The van der Waals surface area contributed by atoms with Crippen LogP contribution in [0.1, 0.15) is 38.8 Å². The third-order valence-electron chi connectivity index (χ3n) is 3.02. The maximum Gasteiger partial charge on any atom is 0.433 e. The number of halogens is 3. The molecular formula is C15H25F3N6. The monoisotopic (exact) mass is 346 g/mol. The Hall–Kier alpha value is -2.06. The topological polar surface area (TPSA) is 74.2 Å². The summed E-state index contributed by atoms with van der Waals surface area (Å²) >= 11 is 0. The molecule has 1 aromatic heterocycles. The van der Waals surface area contributed by atoms with Crippen molar-refractivity contribution in [2.75, 3.05) is 31.5 Å². The van der Waals surface area contributed by atoms with Gasteiger partial charge in [0, 0.05) is 32.4 Å². The summed E-state index contributed by atoms with van der Waals surface area (Å²) in [7, 11) is 0. The standard InChI is InChI=1S/C15H25F3N6/c1-3-5-6-8-20-13(19-4-2)22-10-11-23-14-21-9-7-12(24-14)15(16,17)18/h7,9H,3-6,8,10-11H2,1-2H3,(H2,19,20,22)(H,21,23,24). The van der Waals surface area contributed by atoms with Crippen LogP contribution in [-0.2, 0) is 6.18 Å². The molecule has 3 N–H and O–H groups in total. The highest BCUT2D eigenvalue weighted by atomic mass is 19.4. The van der Waals surface area contributed by atoms with Crippen LogP contribution in [0, 0.1) is 0 Å². The lowest BCUT2D eigenvalue weighted by atomic mass is 10.2. The summed E-state index contributed by atoms with van der Waals surface area (Å²) in [6.07, 6.45) is -0.0764. The van der Waals surface area contributed by atoms with E-state index in [0.29, 0.717) is 19.0 Å². The molecule has 1 rings (SSSR count). The van der Waals surface area contributed by atoms with Crippen LogP contribution >= 0.6 is 0 Å². The fourth-order valence-electron chi connectivity index (χ4n) is 1.85. The van der Waals surface area contributed by atoms with E-state index in [1.54, 1.807) is 0 Å². The predicted octanol–water partition coefficient (Wildman–Crippen LogP) is 2.65. The number of unbranched alkanes of at least 4 members (excludes halogenated alkanes) is 2. The number of hydrogen-bond donors (Lipinski definition) is 3. The van der Waals surface area contributed by atoms with Crippen molar-refractivity contribution in [3.63, 3.8) is 0 Å². The van der Waals surface area contributed by atoms with Crippen LogP contribution in [0.25, 0.3) is 0 Å². The first kappa shape index (κ1) is 20.0. The minimum atomic E-state index is -4.47. The number of aliphatic imine (C=N–C) groups is 1. The Balaban J connectivity index is 2.40. The fourth-order valence-corrected chi connectivity index (χ4v) is 1.85. The third kappa shape index (κ3) is 7.98. The number of alkyl halides is 3. The van der Waals surface area contributed by atoms with Gasteiger partial charge in [0.25, 0.3) is 0 Å². The van der Waals surface area contributed by atoms with E-state index < -0.39 is 11.9 Å². The molecule has 0 amide bonds. The lowest BCUT2D eigenvalue weighted by Gasteiger charge is -2.12. The molecule has 0 spiro atoms. The summed E-state index contributed by atoms with van der Waals surface area (Å²) in [4.78, 5) is 11.7. The van der Waals surface area contributed by atoms with Gasteiger partial charge in [-0.2, -0.15) is 13.2 Å². The Labute approximate surface area is 140 Å². The molecule has 0 aliphatic carbocycles. The second-order valence-electron chi connectivity index (χ2n) is 5.08. The van der Waals surface area contributed by atoms with Gasteiger partial charge >= 0.3 is 6.18 Å². The highest BCUT2D eigenvalue weighted by Gasteiger charge is 2.32. The Bertz CT molecular complexity index is 504. The Morgan fingerprint density at radius 2 is 1.96 bits per heavy atom. The molecule has 0 aliphatic rings. The number of nitrogens with zero attached hydrogens (tertiary/aromatic N) is 3. The van der Waals surface area contributed by atoms with Crippen molar-refractivity contribution in [2.24, 2.45) is 4.99 Å². The SMILES string of the molecule is CCCCCN=C(NCC)NCCNc1nccc(C(F)(F)F)n1. The van der Waals surface area contributed by atoms with Gasteiger partial charge in [0.2, 0.25) is 5.95 Å². The predicted molar refractivity (Wildman–Crippen MR) is 89.0 cm³/mol. The molecule has 24 heavy (non-hydrogen) atoms. The van der Waals surface area contributed by atoms with Crippen LogP contribution in [-0.4, -0.2) is 42.1 Å². The Morgan fingerprint density at radius 3 is 2.62 bits per heavy atom. The van der Waals surface area contributed by atoms with Crippen molar-refractivity contribution in [3.8, 4) is 0 Å². The Kier molecular flexibility index (Phi) is 8.88. The molecule has 0 radical (unpaired) electrons. The minimum Gasteiger partial charge on any atom is -0.357 e. The van der Waals surface area contributed by atoms with E-state index in [2.05, 4.69) is 37.8 Å². The van der Waals surface area contributed by atoms with E-state index in [1.165, 1.54) is 0 Å². The van der Waals surface area contributed by atoms with E-state index in [9.17, 15) is 13.2 Å². The molecule has 6 nitrogen and oxygen atoms in total. The summed E-state index contributed by atoms with van der Waals surface area (Å²) in [5.41, 5.74) is -0.959. The van der Waals surface area contributed by atoms with Gasteiger partial charge in [0.05, 0.1) is 0 Å². The molecule has 0 aliphatic heterocycles. The van der Waals surface area contributed by atoms with Crippen molar-refractivity contribution >= 4 is 11.9 Å². The normalized spacial score (nSPS) is 12.1. The summed E-state index contributed by atoms with van der Waals surface area (Å²) in [5, 5.41) is 8.99. The highest BCUT2D eigenvalue weighted by Crippen LogP contribution is 2.27. The maximum absolute atomic E-state index is 12.6. The minimum absolute atomic E-state index is 0.0449. The first-order valence-corrected chi connectivity index (χ1v) is 8.13. The van der Waals surface area contributed by atoms with Crippen LogP contribution in [0.4, 0.5) is 19.1 Å². The molecule has 0 saturated carbocycles. The van der Waals surface area contributed by atoms with Crippen molar-refractivity contribution in [3.05, 3.63) is 18.0 Å². The average molecular weight is 346 g/mol. The lowest BCUT2D eigenvalue weighted by molar-refractivity contribution is -0.141. The van der Waals surface area contributed by atoms with Crippen LogP contribution in [0.3, 0.4) is 0 Å². The zero-order valence-corrected chi connectivity index (χ0v) is 14.1. The van der Waals surface area contributed by atoms with Crippen molar-refractivity contribution < 1.29 is 13.2 Å². The second-order valence-corrected chi connectivity index (χ2v) is 5.08. The summed E-state index contributed by atoms with van der Waals surface area (Å²) in [6, 6.07) is 0.843. The highest BCUT2D eigenvalue weighted by molar-refractivity contribution is 5.79. The molecule has 0 aromatic carbocycles. The molecule has 0 unspecified atom stereocenters. The fraction of sp³-hybridized carbons (Fsp3) is 0.667. The van der Waals surface area contributed by atoms with Crippen LogP contribution in [0.5, 0.6) is 0 Å². The number of aromatic nitrogens is 2. The van der Waals surface area contributed by atoms with Gasteiger partial charge in [0.15, 0.2) is 5.96 Å². The van der Waals surface area contributed by atoms with Crippen molar-refractivity contribution in [1.29, 1.82) is 0 Å². The third-order valence-corrected chi connectivity index (χ3v) is 3.02. The van der Waals surface area contributed by atoms with Gasteiger partial charge in [-0.05, 0) is 19.4 Å². The van der Waals surface area contributed by atoms with E-state index in [-0.39, 0.29) is 5.95 Å². The molecule has 1 aromatic rings. The zero-order chi connectivity index (χ0) is 17.8. The first-order valence-electron chi connectivity index (χ1n) is 8.13. The van der Waals surface area contributed by atoms with Gasteiger partial charge in [-0.15, -0.1) is 0 Å². The Morgan fingerprint density at radius 1 is 1.17 bits per heavy atom. The maximum atomic E-state index is 12.6. The van der Waals surface area contributed by atoms with Crippen molar-refractivity contribution in [2.45, 2.75) is 39.3 Å². The van der Waals surface area contributed by atoms with Crippen LogP contribution in [0.2, 0.25) is 0 Å². The molecule has 0 saturated heterocycles. The smallest absolute Gasteiger partial charge is 0.357 e. The van der Waals surface area contributed by atoms with Gasteiger partial charge < -0.3 is 16.0 Å². The number of anilines is 1. The zero-order valence-electron chi connectivity index (χ0n) is 14.1. The van der Waals surface area contributed by atoms with Crippen LogP contribution < -0.4 is 16.0 Å². The lowest BCUT2D eigenvalue weighted by Crippen LogP contribution is -2.39. The number of guanidine groups is 1. The van der Waals surface area contributed by atoms with E-state index in [4.69, 9.17) is 0 Å². The quantitative estimate of drug-likeness (QED) is 0.364. The number of hydrogen-bond acceptors (Lipinski definition) is 4. The van der Waals surface area contributed by atoms with Gasteiger partial charge in [0.1, 0.15) is 5.69 Å². The second kappa shape index (κ2) is 10.7. The first-order chi connectivity index (χ1) is 11.5. The summed E-state index contributed by atoms with van der Waals surface area (Å²) in [6.45, 7) is 6.45. The number of nitrogens with one attached hydrogen (secondary N) is 3. The summed E-state index contributed by atoms with van der Waals surface area (Å²) < 4.78 is 37.7. The van der Waals surface area contributed by atoms with Crippen LogP contribution in [0.15, 0.2) is 17.3 Å². The molecule has 9 heteroatoms. The molecule has 136 valence electrons. The van der Waals surface area contributed by atoms with Gasteiger partial charge in [-0.3, -0.25) is 4.99 Å². The molecule has 0 fully saturated rings. The molecule has 0 bridgehead atoms. The van der Waals surface area contributed by atoms with Gasteiger partial charge in [-0.25, -0.2) is 9.97 Å². The largest absolute Gasteiger partial charge is 0.433 e. The van der Waals surface area contributed by atoms with E-state index >= 15 is 0 Å². The van der Waals surface area contributed by atoms with E-state index in [0.717, 1.165) is 44.6 Å². The van der Waals surface area contributed by atoms with E-state index in [1.807, 2.05) is 6.92 Å². The molecule has 1 heterocycles. The molecular weight excluding hydrogens is 321 g/mol. The summed E-state index contributed by atoms with van der Waals surface area (Å²) in [5.74, 6) is 0.650. The average Bonchev–Trinajstić information content (AvgIpc) is 2.55. The van der Waals surface area contributed by atoms with Gasteiger partial charge in [-0.1, -0.05) is 19.8 Å². The molecule has 0 atom stereocenters.